The van der Waals surface area contributed by atoms with Crippen LogP contribution in [-0.2, 0) is 4.79 Å². The fourth-order valence-corrected chi connectivity index (χ4v) is 2.29. The van der Waals surface area contributed by atoms with E-state index in [0.717, 1.165) is 6.42 Å². The maximum absolute atomic E-state index is 11.6. The van der Waals surface area contributed by atoms with Crippen molar-refractivity contribution in [1.82, 2.24) is 10.6 Å². The molecule has 96 valence electrons. The molecular weight excluding hydrogens is 220 g/mol. The van der Waals surface area contributed by atoms with Gasteiger partial charge in [0.1, 0.15) is 0 Å². The van der Waals surface area contributed by atoms with Crippen LogP contribution >= 0.6 is 0 Å². The van der Waals surface area contributed by atoms with Crippen LogP contribution in [0.2, 0.25) is 0 Å². The standard InChI is InChI=1S/C12H20N2O3/c1-8(9-3-4-9)14-11(17)13-7-12(10(15)16)5-2-6-12/h8-9H,2-7H2,1H3,(H,15,16)(H2,13,14,17). The molecular formula is C12H20N2O3. The van der Waals surface area contributed by atoms with Crippen molar-refractivity contribution in [2.75, 3.05) is 6.54 Å². The van der Waals surface area contributed by atoms with Gasteiger partial charge in [0.25, 0.3) is 0 Å². The van der Waals surface area contributed by atoms with Gasteiger partial charge in [0, 0.05) is 12.6 Å². The number of rotatable bonds is 5. The first-order chi connectivity index (χ1) is 8.03. The van der Waals surface area contributed by atoms with Crippen LogP contribution in [0.15, 0.2) is 0 Å². The van der Waals surface area contributed by atoms with E-state index >= 15 is 0 Å². The number of carboxylic acid groups (broad SMARTS) is 1. The Hall–Kier alpha value is -1.26. The van der Waals surface area contributed by atoms with Crippen LogP contribution in [0.1, 0.15) is 39.0 Å². The molecule has 0 aromatic carbocycles. The highest BCUT2D eigenvalue weighted by Crippen LogP contribution is 2.40. The monoisotopic (exact) mass is 240 g/mol. The summed E-state index contributed by atoms with van der Waals surface area (Å²) in [7, 11) is 0. The normalized spacial score (nSPS) is 23.4. The summed E-state index contributed by atoms with van der Waals surface area (Å²) in [6.07, 6.45) is 4.64. The van der Waals surface area contributed by atoms with Crippen molar-refractivity contribution in [3.8, 4) is 0 Å². The molecule has 5 heteroatoms. The number of hydrogen-bond donors (Lipinski definition) is 3. The average Bonchev–Trinajstić information content (AvgIpc) is 2.97. The van der Waals surface area contributed by atoms with E-state index in [2.05, 4.69) is 10.6 Å². The Balaban J connectivity index is 1.73. The molecule has 2 amide bonds. The predicted molar refractivity (Wildman–Crippen MR) is 62.6 cm³/mol. The van der Waals surface area contributed by atoms with Gasteiger partial charge >= 0.3 is 12.0 Å². The molecule has 5 nitrogen and oxygen atoms in total. The fraction of sp³-hybridized carbons (Fsp3) is 0.833. The average molecular weight is 240 g/mol. The molecule has 2 aliphatic rings. The Morgan fingerprint density at radius 1 is 1.41 bits per heavy atom. The second kappa shape index (κ2) is 4.55. The van der Waals surface area contributed by atoms with E-state index in [1.54, 1.807) is 0 Å². The summed E-state index contributed by atoms with van der Waals surface area (Å²) >= 11 is 0. The molecule has 0 aromatic heterocycles. The number of urea groups is 1. The van der Waals surface area contributed by atoms with Crippen LogP contribution in [0.4, 0.5) is 4.79 Å². The Labute approximate surface area is 101 Å². The molecule has 3 N–H and O–H groups in total. The van der Waals surface area contributed by atoms with Crippen LogP contribution in [0.5, 0.6) is 0 Å². The first-order valence-electron chi connectivity index (χ1n) is 6.31. The number of carbonyl (C=O) groups excluding carboxylic acids is 1. The Kier molecular flexibility index (Phi) is 3.26. The van der Waals surface area contributed by atoms with Gasteiger partial charge in [-0.25, -0.2) is 4.79 Å². The molecule has 0 saturated heterocycles. The van der Waals surface area contributed by atoms with E-state index in [4.69, 9.17) is 5.11 Å². The zero-order valence-corrected chi connectivity index (χ0v) is 10.2. The van der Waals surface area contributed by atoms with Crippen molar-refractivity contribution in [3.05, 3.63) is 0 Å². The van der Waals surface area contributed by atoms with Crippen LogP contribution in [0, 0.1) is 11.3 Å². The lowest BCUT2D eigenvalue weighted by molar-refractivity contribution is -0.153. The van der Waals surface area contributed by atoms with Crippen molar-refractivity contribution >= 4 is 12.0 Å². The third kappa shape index (κ3) is 2.70. The first kappa shape index (κ1) is 12.2. The molecule has 2 rings (SSSR count). The first-order valence-corrected chi connectivity index (χ1v) is 6.31. The van der Waals surface area contributed by atoms with E-state index < -0.39 is 11.4 Å². The van der Waals surface area contributed by atoms with Gasteiger partial charge in [-0.15, -0.1) is 0 Å². The van der Waals surface area contributed by atoms with E-state index in [1.165, 1.54) is 12.8 Å². The van der Waals surface area contributed by atoms with E-state index in [0.29, 0.717) is 18.8 Å². The van der Waals surface area contributed by atoms with Crippen molar-refractivity contribution in [1.29, 1.82) is 0 Å². The Morgan fingerprint density at radius 3 is 2.47 bits per heavy atom. The van der Waals surface area contributed by atoms with E-state index in [9.17, 15) is 9.59 Å². The number of nitrogens with one attached hydrogen (secondary N) is 2. The Morgan fingerprint density at radius 2 is 2.06 bits per heavy atom. The van der Waals surface area contributed by atoms with Crippen LogP contribution in [0.25, 0.3) is 0 Å². The summed E-state index contributed by atoms with van der Waals surface area (Å²) in [5.41, 5.74) is -0.708. The lowest BCUT2D eigenvalue weighted by Crippen LogP contribution is -2.51. The highest BCUT2D eigenvalue weighted by atomic mass is 16.4. The predicted octanol–water partition coefficient (Wildman–Crippen LogP) is 1.34. The van der Waals surface area contributed by atoms with Gasteiger partial charge < -0.3 is 15.7 Å². The molecule has 0 spiro atoms. The summed E-state index contributed by atoms with van der Waals surface area (Å²) in [5, 5.41) is 14.7. The number of carbonyl (C=O) groups is 2. The summed E-state index contributed by atoms with van der Waals surface area (Å²) in [6, 6.07) is -0.0471. The van der Waals surface area contributed by atoms with Gasteiger partial charge in [0.2, 0.25) is 0 Å². The largest absolute Gasteiger partial charge is 0.481 e. The lowest BCUT2D eigenvalue weighted by Gasteiger charge is -2.37. The second-order valence-corrected chi connectivity index (χ2v) is 5.39. The third-order valence-electron chi connectivity index (χ3n) is 4.04. The minimum atomic E-state index is -0.792. The Bertz CT molecular complexity index is 322. The van der Waals surface area contributed by atoms with Gasteiger partial charge in [0.15, 0.2) is 0 Å². The summed E-state index contributed by atoms with van der Waals surface area (Å²) in [6.45, 7) is 2.24. The van der Waals surface area contributed by atoms with Gasteiger partial charge in [-0.3, -0.25) is 4.79 Å². The molecule has 0 radical (unpaired) electrons. The van der Waals surface area contributed by atoms with Crippen LogP contribution in [-0.4, -0.2) is 29.7 Å². The van der Waals surface area contributed by atoms with Gasteiger partial charge in [-0.1, -0.05) is 6.42 Å². The molecule has 2 fully saturated rings. The van der Waals surface area contributed by atoms with E-state index in [-0.39, 0.29) is 18.6 Å². The summed E-state index contributed by atoms with van der Waals surface area (Å²) < 4.78 is 0. The van der Waals surface area contributed by atoms with Crippen LogP contribution in [0.3, 0.4) is 0 Å². The van der Waals surface area contributed by atoms with Gasteiger partial charge in [0.05, 0.1) is 5.41 Å². The van der Waals surface area contributed by atoms with Crippen molar-refractivity contribution in [2.24, 2.45) is 11.3 Å². The number of carboxylic acids is 1. The van der Waals surface area contributed by atoms with E-state index in [1.807, 2.05) is 6.92 Å². The van der Waals surface area contributed by atoms with Gasteiger partial charge in [-0.2, -0.15) is 0 Å². The topological polar surface area (TPSA) is 78.4 Å². The molecule has 1 atom stereocenters. The molecule has 2 saturated carbocycles. The highest BCUT2D eigenvalue weighted by Gasteiger charge is 2.44. The minimum absolute atomic E-state index is 0.192. The smallest absolute Gasteiger partial charge is 0.315 e. The third-order valence-corrected chi connectivity index (χ3v) is 4.04. The number of aliphatic carboxylic acids is 1. The highest BCUT2D eigenvalue weighted by molar-refractivity contribution is 5.79. The SMILES string of the molecule is CC(NC(=O)NCC1(C(=O)O)CCC1)C1CC1. The number of amides is 2. The molecule has 0 aromatic rings. The molecule has 0 bridgehead atoms. The van der Waals surface area contributed by atoms with Crippen LogP contribution < -0.4 is 10.6 Å². The lowest BCUT2D eigenvalue weighted by atomic mass is 9.69. The van der Waals surface area contributed by atoms with Crippen molar-refractivity contribution < 1.29 is 14.7 Å². The molecule has 1 unspecified atom stereocenters. The molecule has 0 heterocycles. The van der Waals surface area contributed by atoms with Gasteiger partial charge in [-0.05, 0) is 38.5 Å². The summed E-state index contributed by atoms with van der Waals surface area (Å²) in [5.74, 6) is -0.183. The fourth-order valence-electron chi connectivity index (χ4n) is 2.29. The summed E-state index contributed by atoms with van der Waals surface area (Å²) in [4.78, 5) is 22.7. The second-order valence-electron chi connectivity index (χ2n) is 5.39. The molecule has 0 aliphatic heterocycles. The zero-order valence-electron chi connectivity index (χ0n) is 10.2. The van der Waals surface area contributed by atoms with Crippen molar-refractivity contribution in [2.45, 2.75) is 45.1 Å². The minimum Gasteiger partial charge on any atom is -0.481 e. The van der Waals surface area contributed by atoms with Crippen molar-refractivity contribution in [3.63, 3.8) is 0 Å². The maximum Gasteiger partial charge on any atom is 0.315 e. The number of hydrogen-bond acceptors (Lipinski definition) is 2. The molecule has 17 heavy (non-hydrogen) atoms. The maximum atomic E-state index is 11.6. The molecule has 2 aliphatic carbocycles. The zero-order chi connectivity index (χ0) is 12.5. The quantitative estimate of drug-likeness (QED) is 0.678.